The monoisotopic (exact) mass is 393 g/mol. The van der Waals surface area contributed by atoms with Crippen LogP contribution in [0.15, 0.2) is 84.9 Å². The van der Waals surface area contributed by atoms with Gasteiger partial charge in [0.05, 0.1) is 10.3 Å². The fourth-order valence-electron chi connectivity index (χ4n) is 4.07. The topological polar surface area (TPSA) is 52.4 Å². The predicted octanol–water partition coefficient (Wildman–Crippen LogP) is 6.42. The van der Waals surface area contributed by atoms with Gasteiger partial charge in [0.1, 0.15) is 12.4 Å². The van der Waals surface area contributed by atoms with Gasteiger partial charge in [0.2, 0.25) is 0 Å². The van der Waals surface area contributed by atoms with Crippen molar-refractivity contribution in [1.82, 2.24) is 0 Å². The Morgan fingerprint density at radius 3 is 2.47 bits per heavy atom. The van der Waals surface area contributed by atoms with E-state index >= 15 is 0 Å². The van der Waals surface area contributed by atoms with Crippen molar-refractivity contribution in [1.29, 1.82) is 0 Å². The van der Waals surface area contributed by atoms with Gasteiger partial charge in [0, 0.05) is 6.07 Å². The zero-order valence-corrected chi connectivity index (χ0v) is 16.2. The summed E-state index contributed by atoms with van der Waals surface area (Å²) in [6, 6.07) is 27.4. The highest BCUT2D eigenvalue weighted by molar-refractivity contribution is 6.08. The Bertz CT molecular complexity index is 1280. The SMILES string of the molecule is O=[N+]([O-])c1ccc2c3c(cccc13)C/C2=C\c1ccc(OCc2ccccc2)cc1. The molecule has 0 fully saturated rings. The molecule has 0 heterocycles. The van der Waals surface area contributed by atoms with Crippen LogP contribution < -0.4 is 4.74 Å². The second-order valence-corrected chi connectivity index (χ2v) is 7.42. The first kappa shape index (κ1) is 18.1. The molecule has 146 valence electrons. The van der Waals surface area contributed by atoms with E-state index in [4.69, 9.17) is 4.74 Å². The Hall–Kier alpha value is -3.92. The highest BCUT2D eigenvalue weighted by Gasteiger charge is 2.23. The maximum atomic E-state index is 11.4. The van der Waals surface area contributed by atoms with Crippen LogP contribution in [0.5, 0.6) is 5.75 Å². The van der Waals surface area contributed by atoms with E-state index < -0.39 is 0 Å². The zero-order valence-electron chi connectivity index (χ0n) is 16.2. The summed E-state index contributed by atoms with van der Waals surface area (Å²) in [5.41, 5.74) is 5.77. The highest BCUT2D eigenvalue weighted by atomic mass is 16.6. The zero-order chi connectivity index (χ0) is 20.5. The molecular formula is C26H19NO3. The predicted molar refractivity (Wildman–Crippen MR) is 119 cm³/mol. The molecule has 0 unspecified atom stereocenters. The molecule has 0 radical (unpaired) electrons. The molecule has 0 atom stereocenters. The Morgan fingerprint density at radius 1 is 0.900 bits per heavy atom. The summed E-state index contributed by atoms with van der Waals surface area (Å²) in [4.78, 5) is 11.1. The summed E-state index contributed by atoms with van der Waals surface area (Å²) in [7, 11) is 0. The average Bonchev–Trinajstić information content (AvgIpc) is 3.13. The van der Waals surface area contributed by atoms with Crippen LogP contribution in [0.2, 0.25) is 0 Å². The minimum atomic E-state index is -0.307. The molecule has 0 aliphatic heterocycles. The van der Waals surface area contributed by atoms with E-state index in [-0.39, 0.29) is 10.6 Å². The van der Waals surface area contributed by atoms with Crippen LogP contribution >= 0.6 is 0 Å². The Kier molecular flexibility index (Phi) is 4.52. The molecule has 4 aromatic rings. The fourth-order valence-corrected chi connectivity index (χ4v) is 4.07. The van der Waals surface area contributed by atoms with Gasteiger partial charge in [-0.05, 0) is 63.9 Å². The molecule has 0 aromatic heterocycles. The van der Waals surface area contributed by atoms with Crippen molar-refractivity contribution in [2.24, 2.45) is 0 Å². The molecule has 0 N–H and O–H groups in total. The largest absolute Gasteiger partial charge is 0.489 e. The van der Waals surface area contributed by atoms with Crippen molar-refractivity contribution in [2.75, 3.05) is 0 Å². The first-order valence-electron chi connectivity index (χ1n) is 9.86. The molecule has 0 amide bonds. The molecule has 0 saturated heterocycles. The van der Waals surface area contributed by atoms with Gasteiger partial charge < -0.3 is 4.74 Å². The summed E-state index contributed by atoms with van der Waals surface area (Å²) in [5.74, 6) is 0.827. The van der Waals surface area contributed by atoms with Crippen LogP contribution in [-0.4, -0.2) is 4.92 Å². The Labute approximate surface area is 174 Å². The number of ether oxygens (including phenoxy) is 1. The number of benzene rings is 4. The molecular weight excluding hydrogens is 374 g/mol. The fraction of sp³-hybridized carbons (Fsp3) is 0.0769. The number of rotatable bonds is 5. The molecule has 4 heteroatoms. The van der Waals surface area contributed by atoms with Crippen molar-refractivity contribution in [3.8, 4) is 5.75 Å². The summed E-state index contributed by atoms with van der Waals surface area (Å²) in [6.45, 7) is 0.539. The molecule has 1 aliphatic rings. The lowest BCUT2D eigenvalue weighted by molar-refractivity contribution is -0.383. The number of nitro groups is 1. The lowest BCUT2D eigenvalue weighted by Crippen LogP contribution is -1.94. The van der Waals surface area contributed by atoms with Crippen LogP contribution in [0, 0.1) is 10.1 Å². The summed E-state index contributed by atoms with van der Waals surface area (Å²) >= 11 is 0. The van der Waals surface area contributed by atoms with Crippen LogP contribution in [-0.2, 0) is 13.0 Å². The molecule has 0 spiro atoms. The highest BCUT2D eigenvalue weighted by Crippen LogP contribution is 2.41. The second-order valence-electron chi connectivity index (χ2n) is 7.42. The first-order chi connectivity index (χ1) is 14.7. The summed E-state index contributed by atoms with van der Waals surface area (Å²) in [6.07, 6.45) is 2.93. The number of nitrogens with zero attached hydrogens (tertiary/aromatic N) is 1. The molecule has 4 nitrogen and oxygen atoms in total. The van der Waals surface area contributed by atoms with Crippen molar-refractivity contribution in [3.63, 3.8) is 0 Å². The third kappa shape index (κ3) is 3.33. The Morgan fingerprint density at radius 2 is 1.70 bits per heavy atom. The molecule has 0 bridgehead atoms. The van der Waals surface area contributed by atoms with E-state index in [2.05, 4.69) is 12.1 Å². The average molecular weight is 393 g/mol. The number of allylic oxidation sites excluding steroid dienone is 1. The Balaban J connectivity index is 1.40. The lowest BCUT2D eigenvalue weighted by atomic mass is 10.0. The van der Waals surface area contributed by atoms with Gasteiger partial charge in [-0.3, -0.25) is 10.1 Å². The third-order valence-electron chi connectivity index (χ3n) is 5.50. The van der Waals surface area contributed by atoms with Gasteiger partial charge in [0.25, 0.3) is 5.69 Å². The molecule has 30 heavy (non-hydrogen) atoms. The first-order valence-corrected chi connectivity index (χ1v) is 9.86. The standard InChI is InChI=1S/C26H19NO3/c28-27(29)25-14-13-23-21(16-20-7-4-8-24(25)26(20)23)15-18-9-11-22(12-10-18)30-17-19-5-2-1-3-6-19/h1-15H,16-17H2/b21-15+. The maximum Gasteiger partial charge on any atom is 0.277 e. The quantitative estimate of drug-likeness (QED) is 0.290. The second kappa shape index (κ2) is 7.48. The van der Waals surface area contributed by atoms with Gasteiger partial charge in [-0.25, -0.2) is 0 Å². The molecule has 4 aromatic carbocycles. The van der Waals surface area contributed by atoms with Crippen molar-refractivity contribution >= 4 is 28.1 Å². The summed E-state index contributed by atoms with van der Waals surface area (Å²) < 4.78 is 5.87. The van der Waals surface area contributed by atoms with Crippen LogP contribution in [0.4, 0.5) is 5.69 Å². The molecule has 1 aliphatic carbocycles. The van der Waals surface area contributed by atoms with E-state index in [9.17, 15) is 10.1 Å². The van der Waals surface area contributed by atoms with Gasteiger partial charge in [-0.2, -0.15) is 0 Å². The third-order valence-corrected chi connectivity index (χ3v) is 5.50. The minimum absolute atomic E-state index is 0.164. The van der Waals surface area contributed by atoms with Gasteiger partial charge in [0.15, 0.2) is 0 Å². The van der Waals surface area contributed by atoms with Crippen molar-refractivity contribution in [2.45, 2.75) is 13.0 Å². The van der Waals surface area contributed by atoms with Crippen molar-refractivity contribution in [3.05, 3.63) is 117 Å². The van der Waals surface area contributed by atoms with E-state index in [0.717, 1.165) is 39.8 Å². The normalized spacial score (nSPS) is 13.7. The van der Waals surface area contributed by atoms with Crippen LogP contribution in [0.3, 0.4) is 0 Å². The number of hydrogen-bond donors (Lipinski definition) is 0. The molecule has 5 rings (SSSR count). The van der Waals surface area contributed by atoms with E-state index in [1.54, 1.807) is 6.07 Å². The van der Waals surface area contributed by atoms with Gasteiger partial charge >= 0.3 is 0 Å². The van der Waals surface area contributed by atoms with E-state index in [0.29, 0.717) is 12.0 Å². The minimum Gasteiger partial charge on any atom is -0.489 e. The maximum absolute atomic E-state index is 11.4. The van der Waals surface area contributed by atoms with Crippen LogP contribution in [0.1, 0.15) is 22.3 Å². The lowest BCUT2D eigenvalue weighted by Gasteiger charge is -2.07. The smallest absolute Gasteiger partial charge is 0.277 e. The van der Waals surface area contributed by atoms with Gasteiger partial charge in [-0.1, -0.05) is 60.7 Å². The van der Waals surface area contributed by atoms with Gasteiger partial charge in [-0.15, -0.1) is 0 Å². The van der Waals surface area contributed by atoms with E-state index in [1.807, 2.05) is 72.8 Å². The van der Waals surface area contributed by atoms with E-state index in [1.165, 1.54) is 5.57 Å². The molecule has 0 saturated carbocycles. The number of hydrogen-bond acceptors (Lipinski definition) is 3. The number of non-ortho nitro benzene ring substituents is 1. The number of nitro benzene ring substituents is 1. The van der Waals surface area contributed by atoms with Crippen molar-refractivity contribution < 1.29 is 9.66 Å². The summed E-state index contributed by atoms with van der Waals surface area (Å²) in [5, 5.41) is 13.1. The van der Waals surface area contributed by atoms with Crippen LogP contribution in [0.25, 0.3) is 22.4 Å².